The molecule has 1 fully saturated rings. The Labute approximate surface area is 207 Å². The summed E-state index contributed by atoms with van der Waals surface area (Å²) in [6, 6.07) is 6.34. The van der Waals surface area contributed by atoms with Crippen LogP contribution in [0.25, 0.3) is 0 Å². The minimum absolute atomic E-state index is 0.169. The van der Waals surface area contributed by atoms with Crippen molar-refractivity contribution in [1.29, 1.82) is 0 Å². The number of benzene rings is 2. The zero-order chi connectivity index (χ0) is 24.8. The van der Waals surface area contributed by atoms with Crippen molar-refractivity contribution in [3.63, 3.8) is 0 Å². The largest absolute Gasteiger partial charge is 0.396 e. The van der Waals surface area contributed by atoms with Crippen molar-refractivity contribution in [2.45, 2.75) is 50.2 Å². The highest BCUT2D eigenvalue weighted by molar-refractivity contribution is 8.00. The second kappa shape index (κ2) is 12.0. The van der Waals surface area contributed by atoms with Gasteiger partial charge in [0.15, 0.2) is 17.5 Å². The zero-order valence-corrected chi connectivity index (χ0v) is 20.9. The van der Waals surface area contributed by atoms with Gasteiger partial charge in [-0.25, -0.2) is 13.2 Å². The lowest BCUT2D eigenvalue weighted by molar-refractivity contribution is 0.102. The van der Waals surface area contributed by atoms with Gasteiger partial charge in [0, 0.05) is 39.7 Å². The van der Waals surface area contributed by atoms with Crippen LogP contribution >= 0.6 is 23.4 Å². The molecule has 0 radical (unpaired) electrons. The summed E-state index contributed by atoms with van der Waals surface area (Å²) in [6.45, 7) is 6.77. The number of halogens is 4. The number of hydrogen-bond donors (Lipinski definition) is 1. The molecule has 2 aromatic rings. The number of carbonyl (C=O) groups is 1. The first kappa shape index (κ1) is 26.4. The molecule has 1 amide bonds. The molecule has 184 valence electrons. The van der Waals surface area contributed by atoms with Crippen LogP contribution in [0.5, 0.6) is 0 Å². The Morgan fingerprint density at radius 2 is 1.97 bits per heavy atom. The first-order chi connectivity index (χ1) is 16.2. The van der Waals surface area contributed by atoms with E-state index in [-0.39, 0.29) is 17.2 Å². The second-order valence-electron chi connectivity index (χ2n) is 8.64. The number of oxime groups is 1. The Hall–Kier alpha value is -2.19. The number of thioether (sulfide) groups is 1. The number of amides is 1. The van der Waals surface area contributed by atoms with Crippen LogP contribution in [0.1, 0.15) is 50.4 Å². The number of hydrogen-bond acceptors (Lipinski definition) is 4. The molecule has 2 aromatic carbocycles. The van der Waals surface area contributed by atoms with Gasteiger partial charge in [0.1, 0.15) is 6.61 Å². The third-order valence-electron chi connectivity index (χ3n) is 5.91. The monoisotopic (exact) mass is 512 g/mol. The van der Waals surface area contributed by atoms with E-state index in [2.05, 4.69) is 24.3 Å². The molecule has 1 saturated carbocycles. The van der Waals surface area contributed by atoms with Gasteiger partial charge in [-0.15, -0.1) is 11.8 Å². The quantitative estimate of drug-likeness (QED) is 0.214. The maximum Gasteiger partial charge on any atom is 0.255 e. The summed E-state index contributed by atoms with van der Waals surface area (Å²) in [5.41, 5.74) is 0.120. The van der Waals surface area contributed by atoms with Crippen LogP contribution in [0.2, 0.25) is 5.02 Å². The summed E-state index contributed by atoms with van der Waals surface area (Å²) in [5, 5.41) is 7.25. The molecule has 0 heterocycles. The number of rotatable bonds is 9. The van der Waals surface area contributed by atoms with Gasteiger partial charge in [-0.2, -0.15) is 0 Å². The molecule has 0 aliphatic heterocycles. The van der Waals surface area contributed by atoms with E-state index < -0.39 is 23.4 Å². The van der Waals surface area contributed by atoms with Crippen molar-refractivity contribution >= 4 is 41.2 Å². The molecule has 0 bridgehead atoms. The normalized spacial score (nSPS) is 21.1. The van der Waals surface area contributed by atoms with Crippen LogP contribution < -0.4 is 5.32 Å². The third-order valence-corrected chi connectivity index (χ3v) is 8.06. The highest BCUT2D eigenvalue weighted by atomic mass is 35.5. The first-order valence-corrected chi connectivity index (χ1v) is 12.5. The fraction of sp³-hybridized carbons (Fsp3) is 0.440. The molecule has 1 N–H and O–H groups in total. The summed E-state index contributed by atoms with van der Waals surface area (Å²) in [6.07, 6.45) is 5.02. The van der Waals surface area contributed by atoms with Gasteiger partial charge in [-0.1, -0.05) is 30.6 Å². The van der Waals surface area contributed by atoms with Gasteiger partial charge < -0.3 is 10.2 Å². The molecule has 0 aromatic heterocycles. The molecular weight excluding hydrogens is 485 g/mol. The van der Waals surface area contributed by atoms with Crippen LogP contribution in [0, 0.1) is 35.2 Å². The fourth-order valence-corrected chi connectivity index (χ4v) is 5.93. The Morgan fingerprint density at radius 3 is 2.65 bits per heavy atom. The average molecular weight is 513 g/mol. The minimum atomic E-state index is -1.58. The molecule has 4 atom stereocenters. The van der Waals surface area contributed by atoms with E-state index in [1.54, 1.807) is 30.0 Å². The van der Waals surface area contributed by atoms with Crippen LogP contribution in [-0.2, 0) is 4.84 Å². The van der Waals surface area contributed by atoms with E-state index >= 15 is 0 Å². The van der Waals surface area contributed by atoms with Gasteiger partial charge in [0.2, 0.25) is 0 Å². The van der Waals surface area contributed by atoms with Gasteiger partial charge in [-0.3, -0.25) is 4.79 Å². The van der Waals surface area contributed by atoms with Crippen LogP contribution in [-0.4, -0.2) is 24.0 Å². The average Bonchev–Trinajstić information content (AvgIpc) is 3.12. The van der Waals surface area contributed by atoms with E-state index in [4.69, 9.17) is 16.4 Å². The summed E-state index contributed by atoms with van der Waals surface area (Å²) in [7, 11) is 0. The maximum absolute atomic E-state index is 13.5. The standard InChI is InChI=1S/C25H28ClF3N2O2S/c1-4-33-30-13-14(2)9-16-6-5-15(3)24(16)34-22-10-17(7-8-19(22)26)25(32)31-18-11-20(27)23(29)21(28)12-18/h7-8,10-16,24H,4-6,9H2,1-3H3,(H,31,32)/b30-13+. The van der Waals surface area contributed by atoms with Gasteiger partial charge in [0.05, 0.1) is 5.02 Å². The number of nitrogens with one attached hydrogen (secondary N) is 1. The van der Waals surface area contributed by atoms with Crippen LogP contribution in [0.3, 0.4) is 0 Å². The van der Waals surface area contributed by atoms with Gasteiger partial charge >= 0.3 is 0 Å². The Kier molecular flexibility index (Phi) is 9.31. The molecular formula is C25H28ClF3N2O2S. The topological polar surface area (TPSA) is 50.7 Å². The smallest absolute Gasteiger partial charge is 0.255 e. The molecule has 9 heteroatoms. The molecule has 1 aliphatic rings. The van der Waals surface area contributed by atoms with Crippen LogP contribution in [0.4, 0.5) is 18.9 Å². The summed E-state index contributed by atoms with van der Waals surface area (Å²) >= 11 is 8.10. The Morgan fingerprint density at radius 1 is 1.26 bits per heavy atom. The van der Waals surface area contributed by atoms with Crippen molar-refractivity contribution in [2.24, 2.45) is 22.9 Å². The second-order valence-corrected chi connectivity index (χ2v) is 10.3. The van der Waals surface area contributed by atoms with Gasteiger partial charge in [-0.05, 0) is 62.1 Å². The number of nitrogens with zero attached hydrogens (tertiary/aromatic N) is 1. The van der Waals surface area contributed by atoms with E-state index in [0.717, 1.165) is 36.3 Å². The summed E-state index contributed by atoms with van der Waals surface area (Å²) < 4.78 is 40.2. The highest BCUT2D eigenvalue weighted by Gasteiger charge is 2.35. The Balaban J connectivity index is 1.73. The fourth-order valence-electron chi connectivity index (χ4n) is 4.21. The van der Waals surface area contributed by atoms with Crippen molar-refractivity contribution in [3.8, 4) is 0 Å². The summed E-state index contributed by atoms with van der Waals surface area (Å²) in [5.74, 6) is -3.68. The van der Waals surface area contributed by atoms with Crippen molar-refractivity contribution < 1.29 is 22.8 Å². The summed E-state index contributed by atoms with van der Waals surface area (Å²) in [4.78, 5) is 18.5. The zero-order valence-electron chi connectivity index (χ0n) is 19.3. The predicted molar refractivity (Wildman–Crippen MR) is 131 cm³/mol. The van der Waals surface area contributed by atoms with E-state index in [0.29, 0.717) is 28.7 Å². The minimum Gasteiger partial charge on any atom is -0.396 e. The maximum atomic E-state index is 13.5. The lowest BCUT2D eigenvalue weighted by atomic mass is 9.94. The Bertz CT molecular complexity index is 1030. The van der Waals surface area contributed by atoms with Gasteiger partial charge in [0.25, 0.3) is 5.91 Å². The lowest BCUT2D eigenvalue weighted by Crippen LogP contribution is -2.19. The first-order valence-electron chi connectivity index (χ1n) is 11.3. The van der Waals surface area contributed by atoms with Crippen molar-refractivity contribution in [2.75, 3.05) is 11.9 Å². The molecule has 4 unspecified atom stereocenters. The highest BCUT2D eigenvalue weighted by Crippen LogP contribution is 2.46. The van der Waals surface area contributed by atoms with E-state index in [1.165, 1.54) is 0 Å². The SMILES string of the molecule is CCO/N=C/C(C)CC1CCC(C)C1Sc1cc(C(=O)Nc2cc(F)c(F)c(F)c2)ccc1Cl. The van der Waals surface area contributed by atoms with E-state index in [1.807, 2.05) is 13.1 Å². The van der Waals surface area contributed by atoms with Crippen molar-refractivity contribution in [3.05, 3.63) is 58.4 Å². The number of carbonyl (C=O) groups excluding carboxylic acids is 1. The predicted octanol–water partition coefficient (Wildman–Crippen LogP) is 7.56. The third kappa shape index (κ3) is 6.69. The molecule has 0 spiro atoms. The molecule has 1 aliphatic carbocycles. The molecule has 0 saturated heterocycles. The number of anilines is 1. The lowest BCUT2D eigenvalue weighted by Gasteiger charge is -2.24. The molecule has 4 nitrogen and oxygen atoms in total. The van der Waals surface area contributed by atoms with Crippen LogP contribution in [0.15, 0.2) is 40.4 Å². The molecule has 3 rings (SSSR count). The van der Waals surface area contributed by atoms with Crippen molar-refractivity contribution in [1.82, 2.24) is 0 Å². The van der Waals surface area contributed by atoms with E-state index in [9.17, 15) is 18.0 Å². The molecule has 34 heavy (non-hydrogen) atoms.